The maximum absolute atomic E-state index is 12.5. The Morgan fingerprint density at radius 1 is 1.47 bits per heavy atom. The van der Waals surface area contributed by atoms with Gasteiger partial charge in [0.25, 0.3) is 0 Å². The largest absolute Gasteiger partial charge is 0.378 e. The molecule has 1 amide bonds. The quantitative estimate of drug-likeness (QED) is 0.648. The lowest BCUT2D eigenvalue weighted by atomic mass is 10.2. The van der Waals surface area contributed by atoms with Gasteiger partial charge in [-0.25, -0.2) is 8.78 Å². The first-order chi connectivity index (χ1) is 8.86. The number of rotatable bonds is 7. The summed E-state index contributed by atoms with van der Waals surface area (Å²) in [5.41, 5.74) is 0. The second-order valence-electron chi connectivity index (χ2n) is 4.16. The number of ether oxygens (including phenoxy) is 2. The van der Waals surface area contributed by atoms with E-state index in [-0.39, 0.29) is 12.1 Å². The van der Waals surface area contributed by atoms with Crippen molar-refractivity contribution in [2.24, 2.45) is 0 Å². The van der Waals surface area contributed by atoms with Crippen LogP contribution in [0.3, 0.4) is 0 Å². The van der Waals surface area contributed by atoms with Gasteiger partial charge in [0, 0.05) is 20.2 Å². The number of methoxy groups -OCH3 is 1. The molecule has 0 aromatic rings. The summed E-state index contributed by atoms with van der Waals surface area (Å²) >= 11 is 0. The second kappa shape index (κ2) is 7.01. The maximum atomic E-state index is 12.5. The van der Waals surface area contributed by atoms with Gasteiger partial charge in [-0.05, 0) is 0 Å². The zero-order valence-electron chi connectivity index (χ0n) is 10.3. The van der Waals surface area contributed by atoms with Crippen molar-refractivity contribution in [1.82, 2.24) is 10.6 Å². The van der Waals surface area contributed by atoms with E-state index in [1.165, 1.54) is 7.11 Å². The van der Waals surface area contributed by atoms with Crippen molar-refractivity contribution < 1.29 is 31.8 Å². The summed E-state index contributed by atoms with van der Waals surface area (Å²) in [6.45, 7) is -1.15. The molecule has 112 valence electrons. The van der Waals surface area contributed by atoms with Crippen LogP contribution in [0.1, 0.15) is 0 Å². The van der Waals surface area contributed by atoms with E-state index < -0.39 is 31.5 Å². The Hall–Kier alpha value is -0.930. The van der Waals surface area contributed by atoms with Crippen LogP contribution in [0.4, 0.5) is 17.6 Å². The van der Waals surface area contributed by atoms with E-state index in [1.54, 1.807) is 0 Å². The predicted molar refractivity (Wildman–Crippen MR) is 57.4 cm³/mol. The minimum absolute atomic E-state index is 0.216. The van der Waals surface area contributed by atoms with Crippen LogP contribution in [-0.4, -0.2) is 63.8 Å². The number of carbonyl (C=O) groups excluding carboxylic acids is 1. The van der Waals surface area contributed by atoms with E-state index in [9.17, 15) is 22.4 Å². The molecule has 1 aliphatic heterocycles. The Kier molecular flexibility index (Phi) is 5.95. The molecule has 0 unspecified atom stereocenters. The molecule has 0 bridgehead atoms. The van der Waals surface area contributed by atoms with Gasteiger partial charge < -0.3 is 20.1 Å². The van der Waals surface area contributed by atoms with E-state index in [1.807, 2.05) is 0 Å². The number of amides is 1. The van der Waals surface area contributed by atoms with Crippen LogP contribution in [0.2, 0.25) is 0 Å². The number of nitrogens with one attached hydrogen (secondary N) is 2. The highest BCUT2D eigenvalue weighted by Gasteiger charge is 2.41. The summed E-state index contributed by atoms with van der Waals surface area (Å²) in [6, 6.07) is -0.295. The molecule has 1 fully saturated rings. The first-order valence-corrected chi connectivity index (χ1v) is 5.63. The Morgan fingerprint density at radius 3 is 2.74 bits per heavy atom. The Morgan fingerprint density at radius 2 is 2.16 bits per heavy atom. The zero-order valence-corrected chi connectivity index (χ0v) is 10.3. The molecule has 1 heterocycles. The van der Waals surface area contributed by atoms with E-state index in [0.717, 1.165) is 0 Å². The summed E-state index contributed by atoms with van der Waals surface area (Å²) in [6.07, 6.45) is -4.03. The molecule has 0 aromatic heterocycles. The average Bonchev–Trinajstić information content (AvgIpc) is 2.75. The van der Waals surface area contributed by atoms with Gasteiger partial charge in [-0.3, -0.25) is 4.79 Å². The Bertz CT molecular complexity index is 304. The topological polar surface area (TPSA) is 59.6 Å². The minimum Gasteiger partial charge on any atom is -0.378 e. The van der Waals surface area contributed by atoms with Crippen LogP contribution in [0.25, 0.3) is 0 Å². The molecule has 1 rings (SSSR count). The average molecular weight is 288 g/mol. The summed E-state index contributed by atoms with van der Waals surface area (Å²) in [5, 5.41) is 5.49. The smallest absolute Gasteiger partial charge is 0.330 e. The second-order valence-corrected chi connectivity index (χ2v) is 4.16. The molecule has 0 spiro atoms. The van der Waals surface area contributed by atoms with Crippen molar-refractivity contribution in [1.29, 1.82) is 0 Å². The summed E-state index contributed by atoms with van der Waals surface area (Å²) in [5.74, 6) is -4.90. The van der Waals surface area contributed by atoms with Gasteiger partial charge in [-0.2, -0.15) is 8.78 Å². The molecule has 0 radical (unpaired) electrons. The third-order valence-corrected chi connectivity index (χ3v) is 2.65. The highest BCUT2D eigenvalue weighted by molar-refractivity contribution is 5.77. The fourth-order valence-electron chi connectivity index (χ4n) is 1.64. The SMILES string of the molecule is CO[C@H]1CNC[C@@H]1NC(=O)COCC(F)(F)C(F)F. The van der Waals surface area contributed by atoms with Gasteiger partial charge >= 0.3 is 12.3 Å². The van der Waals surface area contributed by atoms with Crippen molar-refractivity contribution in [3.8, 4) is 0 Å². The Labute approximate surface area is 107 Å². The number of hydrogen-bond donors (Lipinski definition) is 2. The van der Waals surface area contributed by atoms with Crippen molar-refractivity contribution in [3.05, 3.63) is 0 Å². The molecule has 2 atom stereocenters. The summed E-state index contributed by atoms with van der Waals surface area (Å²) in [4.78, 5) is 11.4. The van der Waals surface area contributed by atoms with Crippen LogP contribution < -0.4 is 10.6 Å². The number of hydrogen-bond acceptors (Lipinski definition) is 4. The van der Waals surface area contributed by atoms with Gasteiger partial charge in [0.05, 0.1) is 12.1 Å². The van der Waals surface area contributed by atoms with Gasteiger partial charge in [0.2, 0.25) is 5.91 Å². The highest BCUT2D eigenvalue weighted by atomic mass is 19.3. The molecule has 9 heteroatoms. The molecular formula is C10H16F4N2O3. The first kappa shape index (κ1) is 16.1. The third-order valence-electron chi connectivity index (χ3n) is 2.65. The molecule has 1 aliphatic rings. The molecule has 0 aromatic carbocycles. The van der Waals surface area contributed by atoms with Crippen LogP contribution >= 0.6 is 0 Å². The van der Waals surface area contributed by atoms with Gasteiger partial charge in [0.15, 0.2) is 0 Å². The van der Waals surface area contributed by atoms with Gasteiger partial charge in [-0.1, -0.05) is 0 Å². The monoisotopic (exact) mass is 288 g/mol. The predicted octanol–water partition coefficient (Wildman–Crippen LogP) is 0.00640. The fourth-order valence-corrected chi connectivity index (χ4v) is 1.64. The van der Waals surface area contributed by atoms with Crippen molar-refractivity contribution in [2.45, 2.75) is 24.5 Å². The van der Waals surface area contributed by atoms with Crippen LogP contribution in [0.5, 0.6) is 0 Å². The van der Waals surface area contributed by atoms with Gasteiger partial charge in [0.1, 0.15) is 13.2 Å². The van der Waals surface area contributed by atoms with E-state index in [2.05, 4.69) is 15.4 Å². The minimum atomic E-state index is -4.25. The lowest BCUT2D eigenvalue weighted by molar-refractivity contribution is -0.168. The number of halogens is 4. The van der Waals surface area contributed by atoms with E-state index in [4.69, 9.17) is 4.74 Å². The van der Waals surface area contributed by atoms with Crippen molar-refractivity contribution >= 4 is 5.91 Å². The summed E-state index contributed by atoms with van der Waals surface area (Å²) in [7, 11) is 1.48. The van der Waals surface area contributed by atoms with E-state index in [0.29, 0.717) is 13.1 Å². The van der Waals surface area contributed by atoms with Gasteiger partial charge in [-0.15, -0.1) is 0 Å². The maximum Gasteiger partial charge on any atom is 0.330 e. The fraction of sp³-hybridized carbons (Fsp3) is 0.900. The first-order valence-electron chi connectivity index (χ1n) is 5.63. The van der Waals surface area contributed by atoms with Crippen molar-refractivity contribution in [2.75, 3.05) is 33.4 Å². The van der Waals surface area contributed by atoms with E-state index >= 15 is 0 Å². The van der Waals surface area contributed by atoms with Crippen molar-refractivity contribution in [3.63, 3.8) is 0 Å². The molecule has 5 nitrogen and oxygen atoms in total. The molecule has 19 heavy (non-hydrogen) atoms. The lowest BCUT2D eigenvalue weighted by Gasteiger charge is -2.19. The zero-order chi connectivity index (χ0) is 14.5. The summed E-state index contributed by atoms with van der Waals surface area (Å²) < 4.78 is 58.0. The molecule has 2 N–H and O–H groups in total. The molecule has 0 saturated carbocycles. The molecular weight excluding hydrogens is 272 g/mol. The van der Waals surface area contributed by atoms with Crippen LogP contribution in [0, 0.1) is 0 Å². The highest BCUT2D eigenvalue weighted by Crippen LogP contribution is 2.22. The number of carbonyl (C=O) groups is 1. The standard InChI is InChI=1S/C10H16F4N2O3/c1-18-7-3-15-2-6(7)16-8(17)4-19-5-10(13,14)9(11)12/h6-7,9,15H,2-5H2,1H3,(H,16,17)/t6-,7-/m0/s1. The number of alkyl halides is 4. The normalized spacial score (nSPS) is 23.9. The van der Waals surface area contributed by atoms with Crippen LogP contribution in [0.15, 0.2) is 0 Å². The Balaban J connectivity index is 2.25. The molecule has 1 saturated heterocycles. The third kappa shape index (κ3) is 4.92. The lowest BCUT2D eigenvalue weighted by Crippen LogP contribution is -2.45. The van der Waals surface area contributed by atoms with Crippen LogP contribution in [-0.2, 0) is 14.3 Å². The molecule has 0 aliphatic carbocycles.